The molecule has 0 aliphatic carbocycles. The van der Waals surface area contributed by atoms with Crippen molar-refractivity contribution in [2.75, 3.05) is 6.61 Å². The van der Waals surface area contributed by atoms with Crippen LogP contribution in [0.4, 0.5) is 4.39 Å². The minimum Gasteiger partial charge on any atom is -0.466 e. The number of fused-ring (bicyclic) bond motifs is 1. The third-order valence-corrected chi connectivity index (χ3v) is 2.63. The quantitative estimate of drug-likeness (QED) is 0.828. The van der Waals surface area contributed by atoms with Crippen LogP contribution < -0.4 is 0 Å². The second-order valence-corrected chi connectivity index (χ2v) is 3.81. The van der Waals surface area contributed by atoms with Gasteiger partial charge in [0.05, 0.1) is 6.61 Å². The number of H-pyrrole nitrogens is 1. The van der Waals surface area contributed by atoms with E-state index in [1.54, 1.807) is 13.0 Å². The molecule has 0 aliphatic heterocycles. The normalized spacial score (nSPS) is 10.7. The van der Waals surface area contributed by atoms with Gasteiger partial charge >= 0.3 is 5.97 Å². The second-order valence-electron chi connectivity index (χ2n) is 3.81. The van der Waals surface area contributed by atoms with Gasteiger partial charge in [-0.05, 0) is 37.1 Å². The van der Waals surface area contributed by atoms with Crippen molar-refractivity contribution >= 4 is 16.9 Å². The number of aryl methyl sites for hydroxylation is 1. The van der Waals surface area contributed by atoms with E-state index in [1.165, 1.54) is 12.1 Å². The highest BCUT2D eigenvalue weighted by atomic mass is 19.1. The molecule has 0 saturated heterocycles. The molecule has 0 amide bonds. The fraction of sp³-hybridized carbons (Fsp3) is 0.308. The number of esters is 1. The monoisotopic (exact) mass is 235 g/mol. The number of carbonyl (C=O) groups is 1. The number of ether oxygens (including phenoxy) is 1. The highest BCUT2D eigenvalue weighted by Gasteiger charge is 2.08. The number of aromatic amines is 1. The smallest absolute Gasteiger partial charge is 0.306 e. The van der Waals surface area contributed by atoms with Gasteiger partial charge in [-0.1, -0.05) is 0 Å². The lowest BCUT2D eigenvalue weighted by Crippen LogP contribution is -2.04. The van der Waals surface area contributed by atoms with E-state index in [4.69, 9.17) is 4.74 Å². The third-order valence-electron chi connectivity index (χ3n) is 2.63. The molecule has 0 bridgehead atoms. The second kappa shape index (κ2) is 4.99. The number of nitrogens with one attached hydrogen (secondary N) is 1. The lowest BCUT2D eigenvalue weighted by atomic mass is 10.1. The molecule has 3 nitrogen and oxygen atoms in total. The predicted molar refractivity (Wildman–Crippen MR) is 63.2 cm³/mol. The summed E-state index contributed by atoms with van der Waals surface area (Å²) in [5, 5.41) is 0.828. The van der Waals surface area contributed by atoms with Gasteiger partial charge in [0.1, 0.15) is 5.82 Å². The van der Waals surface area contributed by atoms with Gasteiger partial charge in [-0.15, -0.1) is 0 Å². The van der Waals surface area contributed by atoms with Gasteiger partial charge in [-0.3, -0.25) is 4.79 Å². The van der Waals surface area contributed by atoms with Crippen molar-refractivity contribution in [2.24, 2.45) is 0 Å². The number of aromatic nitrogens is 1. The molecule has 4 heteroatoms. The first-order chi connectivity index (χ1) is 8.20. The van der Waals surface area contributed by atoms with Crippen LogP contribution in [0.15, 0.2) is 24.4 Å². The lowest BCUT2D eigenvalue weighted by Gasteiger charge is -2.01. The number of hydrogen-bond acceptors (Lipinski definition) is 2. The summed E-state index contributed by atoms with van der Waals surface area (Å²) in [6.07, 6.45) is 2.68. The largest absolute Gasteiger partial charge is 0.466 e. The van der Waals surface area contributed by atoms with E-state index < -0.39 is 0 Å². The van der Waals surface area contributed by atoms with Crippen LogP contribution in [-0.2, 0) is 16.0 Å². The summed E-state index contributed by atoms with van der Waals surface area (Å²) in [5.74, 6) is -0.493. The van der Waals surface area contributed by atoms with Gasteiger partial charge in [-0.25, -0.2) is 4.39 Å². The molecule has 1 aromatic heterocycles. The van der Waals surface area contributed by atoms with Crippen LogP contribution in [0.3, 0.4) is 0 Å². The van der Waals surface area contributed by atoms with Gasteiger partial charge in [0.15, 0.2) is 0 Å². The zero-order chi connectivity index (χ0) is 12.3. The fourth-order valence-electron chi connectivity index (χ4n) is 1.83. The van der Waals surface area contributed by atoms with E-state index in [0.717, 1.165) is 16.5 Å². The van der Waals surface area contributed by atoms with Crippen molar-refractivity contribution in [3.8, 4) is 0 Å². The molecule has 2 aromatic rings. The molecular weight excluding hydrogens is 221 g/mol. The van der Waals surface area contributed by atoms with Gasteiger partial charge in [-0.2, -0.15) is 0 Å². The van der Waals surface area contributed by atoms with Crippen LogP contribution in [0.2, 0.25) is 0 Å². The highest BCUT2D eigenvalue weighted by molar-refractivity contribution is 5.83. The summed E-state index contributed by atoms with van der Waals surface area (Å²) in [6.45, 7) is 2.17. The van der Waals surface area contributed by atoms with E-state index in [2.05, 4.69) is 4.98 Å². The van der Waals surface area contributed by atoms with Gasteiger partial charge < -0.3 is 9.72 Å². The van der Waals surface area contributed by atoms with Crippen molar-refractivity contribution in [1.82, 2.24) is 4.98 Å². The maximum absolute atomic E-state index is 13.1. The Morgan fingerprint density at radius 3 is 3.06 bits per heavy atom. The summed E-state index contributed by atoms with van der Waals surface area (Å²) < 4.78 is 18.0. The van der Waals surface area contributed by atoms with E-state index in [9.17, 15) is 9.18 Å². The molecule has 2 rings (SSSR count). The Labute approximate surface area is 98.6 Å². The van der Waals surface area contributed by atoms with Crippen LogP contribution >= 0.6 is 0 Å². The van der Waals surface area contributed by atoms with Crippen molar-refractivity contribution in [3.63, 3.8) is 0 Å². The van der Waals surface area contributed by atoms with Crippen LogP contribution in [-0.4, -0.2) is 17.6 Å². The molecule has 0 aliphatic rings. The fourth-order valence-corrected chi connectivity index (χ4v) is 1.83. The Kier molecular flexibility index (Phi) is 3.42. The first-order valence-electron chi connectivity index (χ1n) is 5.62. The molecule has 0 radical (unpaired) electrons. The van der Waals surface area contributed by atoms with Crippen LogP contribution in [0.5, 0.6) is 0 Å². The number of hydrogen-bond donors (Lipinski definition) is 1. The van der Waals surface area contributed by atoms with Gasteiger partial charge in [0, 0.05) is 23.5 Å². The SMILES string of the molecule is CCOC(=O)CCc1c[nH]c2ccc(F)cc12. The van der Waals surface area contributed by atoms with Crippen molar-refractivity contribution in [1.29, 1.82) is 0 Å². The molecule has 0 saturated carbocycles. The minimum absolute atomic E-state index is 0.224. The number of rotatable bonds is 4. The number of carbonyl (C=O) groups excluding carboxylic acids is 1. The van der Waals surface area contributed by atoms with Crippen molar-refractivity contribution in [3.05, 3.63) is 35.8 Å². The molecule has 0 fully saturated rings. The standard InChI is InChI=1S/C13H14FNO2/c1-2-17-13(16)6-3-9-8-15-12-5-4-10(14)7-11(9)12/h4-5,7-8,15H,2-3,6H2,1H3. The molecular formula is C13H14FNO2. The van der Waals surface area contributed by atoms with Crippen molar-refractivity contribution in [2.45, 2.75) is 19.8 Å². The third kappa shape index (κ3) is 2.64. The Morgan fingerprint density at radius 1 is 1.47 bits per heavy atom. The van der Waals surface area contributed by atoms with Gasteiger partial charge in [0.2, 0.25) is 0 Å². The Bertz CT molecular complexity index is 533. The predicted octanol–water partition coefficient (Wildman–Crippen LogP) is 2.80. The molecule has 1 heterocycles. The van der Waals surface area contributed by atoms with Crippen LogP contribution in [0.1, 0.15) is 18.9 Å². The first-order valence-corrected chi connectivity index (χ1v) is 5.62. The van der Waals surface area contributed by atoms with E-state index in [-0.39, 0.29) is 11.8 Å². The maximum Gasteiger partial charge on any atom is 0.306 e. The highest BCUT2D eigenvalue weighted by Crippen LogP contribution is 2.20. The lowest BCUT2D eigenvalue weighted by molar-refractivity contribution is -0.143. The Hall–Kier alpha value is -1.84. The molecule has 0 spiro atoms. The number of benzene rings is 1. The molecule has 0 atom stereocenters. The average Bonchev–Trinajstić information content (AvgIpc) is 2.69. The van der Waals surface area contributed by atoms with Crippen molar-refractivity contribution < 1.29 is 13.9 Å². The van der Waals surface area contributed by atoms with E-state index >= 15 is 0 Å². The zero-order valence-electron chi connectivity index (χ0n) is 9.63. The summed E-state index contributed by atoms with van der Waals surface area (Å²) in [4.78, 5) is 14.3. The summed E-state index contributed by atoms with van der Waals surface area (Å²) in [6, 6.07) is 4.58. The van der Waals surface area contributed by atoms with Crippen LogP contribution in [0, 0.1) is 5.82 Å². The van der Waals surface area contributed by atoms with Crippen LogP contribution in [0.25, 0.3) is 10.9 Å². The summed E-state index contributed by atoms with van der Waals surface area (Å²) in [7, 11) is 0. The average molecular weight is 235 g/mol. The Morgan fingerprint density at radius 2 is 2.29 bits per heavy atom. The number of halogens is 1. The summed E-state index contributed by atoms with van der Waals surface area (Å²) in [5.41, 5.74) is 1.82. The maximum atomic E-state index is 13.1. The first kappa shape index (κ1) is 11.6. The summed E-state index contributed by atoms with van der Waals surface area (Å²) >= 11 is 0. The molecule has 1 aromatic carbocycles. The molecule has 1 N–H and O–H groups in total. The molecule has 90 valence electrons. The van der Waals surface area contributed by atoms with Gasteiger partial charge in [0.25, 0.3) is 0 Å². The topological polar surface area (TPSA) is 42.1 Å². The molecule has 0 unspecified atom stereocenters. The minimum atomic E-state index is -0.269. The Balaban J connectivity index is 2.13. The zero-order valence-corrected chi connectivity index (χ0v) is 9.63. The molecule has 17 heavy (non-hydrogen) atoms. The van der Waals surface area contributed by atoms with E-state index in [0.29, 0.717) is 19.4 Å². The van der Waals surface area contributed by atoms with E-state index in [1.807, 2.05) is 6.20 Å².